The molecular formula is C12H14N2O6. The summed E-state index contributed by atoms with van der Waals surface area (Å²) in [5.41, 5.74) is -0.343. The summed E-state index contributed by atoms with van der Waals surface area (Å²) in [5, 5.41) is 10.7. The van der Waals surface area contributed by atoms with Gasteiger partial charge in [0.25, 0.3) is 5.69 Å². The highest BCUT2D eigenvalue weighted by Crippen LogP contribution is 2.21. The summed E-state index contributed by atoms with van der Waals surface area (Å²) in [5.74, 6) is -3.12. The molecule has 0 aliphatic heterocycles. The molecule has 0 amide bonds. The van der Waals surface area contributed by atoms with Crippen molar-refractivity contribution in [1.29, 1.82) is 0 Å². The molecule has 1 aromatic heterocycles. The second kappa shape index (κ2) is 7.17. The van der Waals surface area contributed by atoms with Gasteiger partial charge in [-0.1, -0.05) is 0 Å². The Kier molecular flexibility index (Phi) is 5.57. The van der Waals surface area contributed by atoms with Crippen LogP contribution in [0, 0.1) is 10.1 Å². The van der Waals surface area contributed by atoms with E-state index in [0.717, 1.165) is 18.3 Å². The Morgan fingerprint density at radius 2 is 1.85 bits per heavy atom. The van der Waals surface area contributed by atoms with E-state index in [1.165, 1.54) is 0 Å². The van der Waals surface area contributed by atoms with Gasteiger partial charge in [-0.2, -0.15) is 0 Å². The van der Waals surface area contributed by atoms with Gasteiger partial charge < -0.3 is 9.47 Å². The third-order valence-corrected chi connectivity index (χ3v) is 2.32. The molecule has 1 rings (SSSR count). The molecule has 0 saturated carbocycles. The molecule has 0 N–H and O–H groups in total. The van der Waals surface area contributed by atoms with Crippen molar-refractivity contribution in [2.24, 2.45) is 0 Å². The van der Waals surface area contributed by atoms with Crippen molar-refractivity contribution in [1.82, 2.24) is 4.98 Å². The van der Waals surface area contributed by atoms with Gasteiger partial charge in [-0.25, -0.2) is 0 Å². The van der Waals surface area contributed by atoms with E-state index in [9.17, 15) is 19.7 Å². The fourth-order valence-corrected chi connectivity index (χ4v) is 1.50. The lowest BCUT2D eigenvalue weighted by molar-refractivity contribution is -0.385. The molecule has 1 heterocycles. The molecule has 0 saturated heterocycles. The summed E-state index contributed by atoms with van der Waals surface area (Å²) in [4.78, 5) is 37.5. The average Bonchev–Trinajstić information content (AvgIpc) is 2.40. The fourth-order valence-electron chi connectivity index (χ4n) is 1.50. The largest absolute Gasteiger partial charge is 0.465 e. The quantitative estimate of drug-likeness (QED) is 0.333. The van der Waals surface area contributed by atoms with Crippen LogP contribution in [0.1, 0.15) is 25.5 Å². The first-order valence-corrected chi connectivity index (χ1v) is 5.94. The van der Waals surface area contributed by atoms with Gasteiger partial charge in [-0.15, -0.1) is 0 Å². The smallest absolute Gasteiger partial charge is 0.326 e. The van der Waals surface area contributed by atoms with Gasteiger partial charge >= 0.3 is 11.9 Å². The van der Waals surface area contributed by atoms with Crippen LogP contribution in [-0.2, 0) is 19.1 Å². The summed E-state index contributed by atoms with van der Waals surface area (Å²) >= 11 is 0. The molecule has 0 aromatic carbocycles. The first kappa shape index (κ1) is 15.5. The molecule has 8 heteroatoms. The van der Waals surface area contributed by atoms with Gasteiger partial charge in [0.1, 0.15) is 0 Å². The monoisotopic (exact) mass is 282 g/mol. The highest BCUT2D eigenvalue weighted by atomic mass is 16.6. The van der Waals surface area contributed by atoms with Crippen LogP contribution in [0.4, 0.5) is 5.69 Å². The summed E-state index contributed by atoms with van der Waals surface area (Å²) in [7, 11) is 0. The molecule has 108 valence electrons. The van der Waals surface area contributed by atoms with Crippen LogP contribution in [0.25, 0.3) is 0 Å². The SMILES string of the molecule is CCOC(=O)C(C(=O)OCC)c1cc([N+](=O)[O-])ccn1. The maximum absolute atomic E-state index is 11.8. The standard InChI is InChI=1S/C12H14N2O6/c1-3-19-11(15)10(12(16)20-4-2)9-7-8(14(17)18)5-6-13-9/h5-7,10H,3-4H2,1-2H3. The predicted octanol–water partition coefficient (Wildman–Crippen LogP) is 1.20. The van der Waals surface area contributed by atoms with Crippen molar-refractivity contribution >= 4 is 17.6 Å². The number of carbonyl (C=O) groups excluding carboxylic acids is 2. The number of pyridine rings is 1. The molecule has 0 fully saturated rings. The third-order valence-electron chi connectivity index (χ3n) is 2.32. The maximum Gasteiger partial charge on any atom is 0.326 e. The minimum atomic E-state index is -1.42. The zero-order chi connectivity index (χ0) is 15.1. The number of hydrogen-bond acceptors (Lipinski definition) is 7. The van der Waals surface area contributed by atoms with E-state index in [0.29, 0.717) is 0 Å². The Morgan fingerprint density at radius 3 is 2.30 bits per heavy atom. The fraction of sp³-hybridized carbons (Fsp3) is 0.417. The van der Waals surface area contributed by atoms with Crippen molar-refractivity contribution < 1.29 is 24.0 Å². The molecule has 0 bridgehead atoms. The van der Waals surface area contributed by atoms with Crippen LogP contribution in [0.3, 0.4) is 0 Å². The summed E-state index contributed by atoms with van der Waals surface area (Å²) < 4.78 is 9.55. The van der Waals surface area contributed by atoms with Gasteiger partial charge in [0.2, 0.25) is 0 Å². The Balaban J connectivity index is 3.15. The zero-order valence-corrected chi connectivity index (χ0v) is 11.1. The highest BCUT2D eigenvalue weighted by molar-refractivity contribution is 6.00. The predicted molar refractivity (Wildman–Crippen MR) is 66.9 cm³/mol. The molecule has 0 unspecified atom stereocenters. The number of nitrogens with zero attached hydrogens (tertiary/aromatic N) is 2. The Hall–Kier alpha value is -2.51. The molecule has 0 spiro atoms. The number of nitro groups is 1. The number of aromatic nitrogens is 1. The van der Waals surface area contributed by atoms with E-state index < -0.39 is 22.8 Å². The number of rotatable bonds is 6. The van der Waals surface area contributed by atoms with Crippen molar-refractivity contribution in [3.63, 3.8) is 0 Å². The molecule has 0 aliphatic rings. The number of carbonyl (C=O) groups is 2. The molecule has 1 aromatic rings. The van der Waals surface area contributed by atoms with Gasteiger partial charge in [-0.3, -0.25) is 24.7 Å². The van der Waals surface area contributed by atoms with Crippen LogP contribution >= 0.6 is 0 Å². The molecular weight excluding hydrogens is 268 g/mol. The summed E-state index contributed by atoms with van der Waals surface area (Å²) in [6.45, 7) is 3.31. The van der Waals surface area contributed by atoms with Gasteiger partial charge in [-0.05, 0) is 13.8 Å². The second-order valence-electron chi connectivity index (χ2n) is 3.63. The Morgan fingerprint density at radius 1 is 1.30 bits per heavy atom. The summed E-state index contributed by atoms with van der Waals surface area (Å²) in [6, 6.07) is 2.22. The molecule has 20 heavy (non-hydrogen) atoms. The normalized spacial score (nSPS) is 10.2. The van der Waals surface area contributed by atoms with Gasteiger partial charge in [0.15, 0.2) is 5.92 Å². The van der Waals surface area contributed by atoms with E-state index in [2.05, 4.69) is 4.98 Å². The molecule has 0 aliphatic carbocycles. The Labute approximate surface area is 114 Å². The highest BCUT2D eigenvalue weighted by Gasteiger charge is 2.33. The van der Waals surface area contributed by atoms with E-state index in [4.69, 9.17) is 9.47 Å². The summed E-state index contributed by atoms with van der Waals surface area (Å²) in [6.07, 6.45) is 1.15. The van der Waals surface area contributed by atoms with Crippen molar-refractivity contribution in [3.05, 3.63) is 34.1 Å². The van der Waals surface area contributed by atoms with E-state index in [-0.39, 0.29) is 24.6 Å². The third kappa shape index (κ3) is 3.74. The van der Waals surface area contributed by atoms with Gasteiger partial charge in [0, 0.05) is 18.3 Å². The minimum absolute atomic E-state index is 0.0731. The molecule has 0 atom stereocenters. The average molecular weight is 282 g/mol. The number of hydrogen-bond donors (Lipinski definition) is 0. The first-order chi connectivity index (χ1) is 9.51. The topological polar surface area (TPSA) is 109 Å². The van der Waals surface area contributed by atoms with Gasteiger partial charge in [0.05, 0.1) is 23.8 Å². The van der Waals surface area contributed by atoms with E-state index >= 15 is 0 Å². The second-order valence-corrected chi connectivity index (χ2v) is 3.63. The van der Waals surface area contributed by atoms with Crippen LogP contribution in [-0.4, -0.2) is 35.1 Å². The lowest BCUT2D eigenvalue weighted by atomic mass is 10.0. The molecule has 0 radical (unpaired) electrons. The van der Waals surface area contributed by atoms with Crippen LogP contribution in [0.15, 0.2) is 18.3 Å². The van der Waals surface area contributed by atoms with Crippen molar-refractivity contribution in [2.45, 2.75) is 19.8 Å². The van der Waals surface area contributed by atoms with Crippen molar-refractivity contribution in [2.75, 3.05) is 13.2 Å². The lowest BCUT2D eigenvalue weighted by Gasteiger charge is -2.13. The number of ether oxygens (including phenoxy) is 2. The van der Waals surface area contributed by atoms with Crippen LogP contribution < -0.4 is 0 Å². The van der Waals surface area contributed by atoms with Crippen LogP contribution in [0.2, 0.25) is 0 Å². The Bertz CT molecular complexity index is 498. The van der Waals surface area contributed by atoms with Crippen molar-refractivity contribution in [3.8, 4) is 0 Å². The van der Waals surface area contributed by atoms with Crippen LogP contribution in [0.5, 0.6) is 0 Å². The minimum Gasteiger partial charge on any atom is -0.465 e. The zero-order valence-electron chi connectivity index (χ0n) is 11.1. The first-order valence-electron chi connectivity index (χ1n) is 5.94. The van der Waals surface area contributed by atoms with E-state index in [1.54, 1.807) is 13.8 Å². The lowest BCUT2D eigenvalue weighted by Crippen LogP contribution is -2.27. The maximum atomic E-state index is 11.8. The van der Waals surface area contributed by atoms with E-state index in [1.807, 2.05) is 0 Å². The number of esters is 2. The molecule has 8 nitrogen and oxygen atoms in total.